The van der Waals surface area contributed by atoms with Gasteiger partial charge in [-0.3, -0.25) is 4.79 Å². The minimum Gasteiger partial charge on any atom is -0.309 e. The number of aromatic amines is 1. The number of para-hydroxylation sites is 1. The summed E-state index contributed by atoms with van der Waals surface area (Å²) in [6, 6.07) is 7.40. The lowest BCUT2D eigenvalue weighted by Crippen LogP contribution is -2.32. The molecule has 2 rings (SSSR count). The van der Waals surface area contributed by atoms with Crippen molar-refractivity contribution in [3.63, 3.8) is 0 Å². The van der Waals surface area contributed by atoms with Gasteiger partial charge in [-0.15, -0.1) is 0 Å². The average molecular weight is 274 g/mol. The number of nitrogens with one attached hydrogen (secondary N) is 2. The molecule has 108 valence electrons. The SMILES string of the molecule is CCN(CC)CCNCc1nc2ccccc2c(=O)[nH]1. The van der Waals surface area contributed by atoms with Crippen molar-refractivity contribution in [2.24, 2.45) is 0 Å². The van der Waals surface area contributed by atoms with Gasteiger partial charge in [-0.25, -0.2) is 4.98 Å². The molecule has 0 unspecified atom stereocenters. The van der Waals surface area contributed by atoms with Crippen LogP contribution in [0.25, 0.3) is 10.9 Å². The van der Waals surface area contributed by atoms with Crippen molar-refractivity contribution in [2.75, 3.05) is 26.2 Å². The second kappa shape index (κ2) is 7.17. The van der Waals surface area contributed by atoms with Crippen LogP contribution in [0.15, 0.2) is 29.1 Å². The van der Waals surface area contributed by atoms with Crippen molar-refractivity contribution < 1.29 is 0 Å². The third kappa shape index (κ3) is 3.65. The first kappa shape index (κ1) is 14.7. The Morgan fingerprint density at radius 2 is 2.00 bits per heavy atom. The molecule has 5 nitrogen and oxygen atoms in total. The predicted octanol–water partition coefficient (Wildman–Crippen LogP) is 1.35. The number of hydrogen-bond donors (Lipinski definition) is 2. The summed E-state index contributed by atoms with van der Waals surface area (Å²) in [6.45, 7) is 8.91. The number of rotatable bonds is 7. The number of H-pyrrole nitrogens is 1. The fourth-order valence-electron chi connectivity index (χ4n) is 2.20. The van der Waals surface area contributed by atoms with Crippen LogP contribution in [0.1, 0.15) is 19.7 Å². The number of aromatic nitrogens is 2. The van der Waals surface area contributed by atoms with Gasteiger partial charge in [-0.1, -0.05) is 26.0 Å². The minimum atomic E-state index is -0.0730. The molecule has 1 aromatic heterocycles. The number of likely N-dealkylation sites (N-methyl/N-ethyl adjacent to an activating group) is 1. The Labute approximate surface area is 119 Å². The van der Waals surface area contributed by atoms with Gasteiger partial charge in [0, 0.05) is 13.1 Å². The largest absolute Gasteiger partial charge is 0.309 e. The first-order chi connectivity index (χ1) is 9.74. The quantitative estimate of drug-likeness (QED) is 0.748. The van der Waals surface area contributed by atoms with E-state index in [1.807, 2.05) is 18.2 Å². The molecule has 0 amide bonds. The van der Waals surface area contributed by atoms with Crippen molar-refractivity contribution >= 4 is 10.9 Å². The zero-order valence-corrected chi connectivity index (χ0v) is 12.1. The lowest BCUT2D eigenvalue weighted by atomic mass is 10.2. The highest BCUT2D eigenvalue weighted by Crippen LogP contribution is 2.05. The van der Waals surface area contributed by atoms with Crippen LogP contribution in [0, 0.1) is 0 Å². The molecule has 2 N–H and O–H groups in total. The van der Waals surface area contributed by atoms with Crippen molar-refractivity contribution in [1.29, 1.82) is 0 Å². The monoisotopic (exact) mass is 274 g/mol. The van der Waals surface area contributed by atoms with E-state index < -0.39 is 0 Å². The molecule has 0 radical (unpaired) electrons. The maximum Gasteiger partial charge on any atom is 0.258 e. The van der Waals surface area contributed by atoms with E-state index in [-0.39, 0.29) is 5.56 Å². The molecule has 1 aromatic carbocycles. The standard InChI is InChI=1S/C15H22N4O/c1-3-19(4-2)10-9-16-11-14-17-13-8-6-5-7-12(13)15(20)18-14/h5-8,16H,3-4,9-11H2,1-2H3,(H,17,18,20). The summed E-state index contributed by atoms with van der Waals surface area (Å²) in [7, 11) is 0. The lowest BCUT2D eigenvalue weighted by molar-refractivity contribution is 0.302. The van der Waals surface area contributed by atoms with Gasteiger partial charge < -0.3 is 15.2 Å². The molecule has 0 saturated heterocycles. The van der Waals surface area contributed by atoms with E-state index in [0.717, 1.165) is 31.7 Å². The van der Waals surface area contributed by atoms with E-state index in [2.05, 4.69) is 34.0 Å². The van der Waals surface area contributed by atoms with Crippen LogP contribution in [-0.2, 0) is 6.54 Å². The van der Waals surface area contributed by atoms with Crippen LogP contribution in [0.3, 0.4) is 0 Å². The molecular weight excluding hydrogens is 252 g/mol. The van der Waals surface area contributed by atoms with Crippen LogP contribution >= 0.6 is 0 Å². The molecule has 0 bridgehead atoms. The van der Waals surface area contributed by atoms with Gasteiger partial charge in [0.05, 0.1) is 17.4 Å². The number of fused-ring (bicyclic) bond motifs is 1. The van der Waals surface area contributed by atoms with E-state index in [1.54, 1.807) is 6.07 Å². The Bertz CT molecular complexity index is 604. The van der Waals surface area contributed by atoms with E-state index in [0.29, 0.717) is 17.8 Å². The fraction of sp³-hybridized carbons (Fsp3) is 0.467. The van der Waals surface area contributed by atoms with Crippen LogP contribution in [-0.4, -0.2) is 41.0 Å². The lowest BCUT2D eigenvalue weighted by Gasteiger charge is -2.17. The maximum absolute atomic E-state index is 11.9. The number of hydrogen-bond acceptors (Lipinski definition) is 4. The first-order valence-corrected chi connectivity index (χ1v) is 7.15. The van der Waals surface area contributed by atoms with Gasteiger partial charge in [0.15, 0.2) is 0 Å². The van der Waals surface area contributed by atoms with Crippen LogP contribution in [0.5, 0.6) is 0 Å². The molecule has 0 aliphatic heterocycles. The molecule has 0 fully saturated rings. The molecule has 0 aliphatic rings. The Balaban J connectivity index is 1.95. The summed E-state index contributed by atoms with van der Waals surface area (Å²) in [6.07, 6.45) is 0. The molecule has 0 atom stereocenters. The second-order valence-electron chi connectivity index (χ2n) is 4.73. The fourth-order valence-corrected chi connectivity index (χ4v) is 2.20. The molecule has 1 heterocycles. The summed E-state index contributed by atoms with van der Waals surface area (Å²) < 4.78 is 0. The van der Waals surface area contributed by atoms with Crippen molar-refractivity contribution in [3.8, 4) is 0 Å². The summed E-state index contributed by atoms with van der Waals surface area (Å²) >= 11 is 0. The summed E-state index contributed by atoms with van der Waals surface area (Å²) in [5, 5.41) is 3.96. The summed E-state index contributed by atoms with van der Waals surface area (Å²) in [5.41, 5.74) is 0.674. The molecule has 0 spiro atoms. The van der Waals surface area contributed by atoms with Crippen LogP contribution in [0.2, 0.25) is 0 Å². The highest BCUT2D eigenvalue weighted by Gasteiger charge is 2.03. The molecule has 2 aromatic rings. The Hall–Kier alpha value is -1.72. The third-order valence-electron chi connectivity index (χ3n) is 3.45. The minimum absolute atomic E-state index is 0.0730. The van der Waals surface area contributed by atoms with E-state index in [9.17, 15) is 4.79 Å². The molecule has 20 heavy (non-hydrogen) atoms. The topological polar surface area (TPSA) is 61.0 Å². The van der Waals surface area contributed by atoms with Gasteiger partial charge in [0.2, 0.25) is 0 Å². The molecule has 5 heteroatoms. The Kier molecular flexibility index (Phi) is 5.26. The highest BCUT2D eigenvalue weighted by molar-refractivity contribution is 5.77. The maximum atomic E-state index is 11.9. The van der Waals surface area contributed by atoms with Crippen molar-refractivity contribution in [3.05, 3.63) is 40.4 Å². The molecular formula is C15H22N4O. The number of benzene rings is 1. The Morgan fingerprint density at radius 3 is 2.75 bits per heavy atom. The van der Waals surface area contributed by atoms with Crippen LogP contribution in [0.4, 0.5) is 0 Å². The van der Waals surface area contributed by atoms with Gasteiger partial charge in [0.1, 0.15) is 5.82 Å². The van der Waals surface area contributed by atoms with E-state index in [1.165, 1.54) is 0 Å². The molecule has 0 saturated carbocycles. The predicted molar refractivity (Wildman–Crippen MR) is 81.9 cm³/mol. The second-order valence-corrected chi connectivity index (χ2v) is 4.73. The Morgan fingerprint density at radius 1 is 1.25 bits per heavy atom. The third-order valence-corrected chi connectivity index (χ3v) is 3.45. The van der Waals surface area contributed by atoms with E-state index in [4.69, 9.17) is 0 Å². The zero-order valence-electron chi connectivity index (χ0n) is 12.1. The van der Waals surface area contributed by atoms with Gasteiger partial charge >= 0.3 is 0 Å². The summed E-state index contributed by atoms with van der Waals surface area (Å²) in [4.78, 5) is 21.5. The van der Waals surface area contributed by atoms with Crippen molar-refractivity contribution in [1.82, 2.24) is 20.2 Å². The smallest absolute Gasteiger partial charge is 0.258 e. The normalized spacial score (nSPS) is 11.3. The van der Waals surface area contributed by atoms with Crippen molar-refractivity contribution in [2.45, 2.75) is 20.4 Å². The van der Waals surface area contributed by atoms with E-state index >= 15 is 0 Å². The first-order valence-electron chi connectivity index (χ1n) is 7.15. The average Bonchev–Trinajstić information content (AvgIpc) is 2.47. The van der Waals surface area contributed by atoms with Crippen LogP contribution < -0.4 is 10.9 Å². The molecule has 0 aliphatic carbocycles. The van der Waals surface area contributed by atoms with Gasteiger partial charge in [-0.05, 0) is 25.2 Å². The van der Waals surface area contributed by atoms with Gasteiger partial charge in [0.25, 0.3) is 5.56 Å². The zero-order chi connectivity index (χ0) is 14.4. The number of nitrogens with zero attached hydrogens (tertiary/aromatic N) is 2. The highest BCUT2D eigenvalue weighted by atomic mass is 16.1. The summed E-state index contributed by atoms with van der Waals surface area (Å²) in [5.74, 6) is 0.688. The van der Waals surface area contributed by atoms with Gasteiger partial charge in [-0.2, -0.15) is 0 Å².